The van der Waals surface area contributed by atoms with Crippen LogP contribution in [0.25, 0.3) is 0 Å². The number of aliphatic hydroxyl groups is 2. The van der Waals surface area contributed by atoms with Gasteiger partial charge in [0.05, 0.1) is 6.54 Å². The highest BCUT2D eigenvalue weighted by Crippen LogP contribution is 2.12. The van der Waals surface area contributed by atoms with Gasteiger partial charge in [-0.05, 0) is 6.07 Å². The first-order valence-electron chi connectivity index (χ1n) is 4.69. The molecule has 0 saturated carbocycles. The van der Waals surface area contributed by atoms with E-state index >= 15 is 0 Å². The van der Waals surface area contributed by atoms with E-state index in [1.54, 1.807) is 0 Å². The number of amides is 1. The van der Waals surface area contributed by atoms with Crippen molar-refractivity contribution in [3.63, 3.8) is 0 Å². The van der Waals surface area contributed by atoms with Crippen LogP contribution in [0.15, 0.2) is 12.3 Å². The van der Waals surface area contributed by atoms with E-state index in [1.165, 1.54) is 31.3 Å². The van der Waals surface area contributed by atoms with Crippen molar-refractivity contribution in [3.8, 4) is 0 Å². The van der Waals surface area contributed by atoms with Gasteiger partial charge in [-0.1, -0.05) is 0 Å². The number of hydrogen-bond donors (Lipinski definition) is 2. The van der Waals surface area contributed by atoms with Crippen LogP contribution in [0.5, 0.6) is 0 Å². The average molecular weight is 244 g/mol. The highest BCUT2D eigenvalue weighted by Gasteiger charge is 2.30. The normalized spacial score (nSPS) is 11.1. The SMILES string of the molecule is CN(CC(O)(O)N(C)C=O)c1ccnc(F)n1. The second kappa shape index (κ2) is 5.02. The topological polar surface area (TPSA) is 89.8 Å². The maximum Gasteiger partial charge on any atom is 0.310 e. The maximum atomic E-state index is 12.7. The molecule has 0 aliphatic carbocycles. The van der Waals surface area contributed by atoms with Crippen molar-refractivity contribution in [2.24, 2.45) is 0 Å². The molecule has 8 heteroatoms. The van der Waals surface area contributed by atoms with Crippen molar-refractivity contribution in [1.29, 1.82) is 0 Å². The van der Waals surface area contributed by atoms with Crippen LogP contribution in [0, 0.1) is 6.08 Å². The summed E-state index contributed by atoms with van der Waals surface area (Å²) < 4.78 is 12.7. The Balaban J connectivity index is 2.78. The molecule has 0 aliphatic heterocycles. The Hall–Kier alpha value is -1.80. The van der Waals surface area contributed by atoms with E-state index in [-0.39, 0.29) is 18.8 Å². The highest BCUT2D eigenvalue weighted by atomic mass is 19.1. The number of halogens is 1. The molecule has 0 spiro atoms. The third kappa shape index (κ3) is 3.33. The van der Waals surface area contributed by atoms with Crippen LogP contribution in [-0.2, 0) is 4.79 Å². The molecule has 0 unspecified atom stereocenters. The second-order valence-electron chi connectivity index (χ2n) is 3.53. The van der Waals surface area contributed by atoms with Crippen LogP contribution in [0.3, 0.4) is 0 Å². The van der Waals surface area contributed by atoms with E-state index in [0.717, 1.165) is 0 Å². The quantitative estimate of drug-likeness (QED) is 0.383. The number of carbonyl (C=O) groups is 1. The Morgan fingerprint density at radius 1 is 1.53 bits per heavy atom. The minimum Gasteiger partial charge on any atom is -0.352 e. The van der Waals surface area contributed by atoms with Gasteiger partial charge in [-0.15, -0.1) is 0 Å². The number of nitrogens with zero attached hydrogens (tertiary/aromatic N) is 4. The molecule has 1 heterocycles. The first-order chi connectivity index (χ1) is 7.86. The molecule has 0 fully saturated rings. The summed E-state index contributed by atoms with van der Waals surface area (Å²) in [7, 11) is 2.68. The number of carbonyl (C=O) groups excluding carboxylic acids is 1. The van der Waals surface area contributed by atoms with Gasteiger partial charge in [0.15, 0.2) is 0 Å². The maximum absolute atomic E-state index is 12.7. The Labute approximate surface area is 97.1 Å². The van der Waals surface area contributed by atoms with Gasteiger partial charge in [0.1, 0.15) is 5.82 Å². The minimum absolute atomic E-state index is 0.171. The van der Waals surface area contributed by atoms with Gasteiger partial charge in [-0.3, -0.25) is 9.69 Å². The second-order valence-corrected chi connectivity index (χ2v) is 3.53. The molecular weight excluding hydrogens is 231 g/mol. The summed E-state index contributed by atoms with van der Waals surface area (Å²) in [6.07, 6.45) is 0.558. The molecule has 0 atom stereocenters. The van der Waals surface area contributed by atoms with Gasteiger partial charge < -0.3 is 15.1 Å². The molecule has 7 nitrogen and oxygen atoms in total. The van der Waals surface area contributed by atoms with Crippen molar-refractivity contribution in [2.45, 2.75) is 5.91 Å². The van der Waals surface area contributed by atoms with Crippen molar-refractivity contribution in [1.82, 2.24) is 14.9 Å². The molecule has 1 amide bonds. The van der Waals surface area contributed by atoms with Crippen LogP contribution in [0.4, 0.5) is 10.2 Å². The zero-order valence-electron chi connectivity index (χ0n) is 9.41. The predicted molar refractivity (Wildman–Crippen MR) is 56.3 cm³/mol. The summed E-state index contributed by atoms with van der Waals surface area (Å²) in [5, 5.41) is 19.1. The molecule has 0 aliphatic rings. The molecule has 1 aromatic rings. The third-order valence-electron chi connectivity index (χ3n) is 2.17. The smallest absolute Gasteiger partial charge is 0.310 e. The van der Waals surface area contributed by atoms with E-state index in [9.17, 15) is 19.4 Å². The average Bonchev–Trinajstić information content (AvgIpc) is 2.27. The van der Waals surface area contributed by atoms with Crippen LogP contribution < -0.4 is 4.90 Å². The van der Waals surface area contributed by atoms with Crippen LogP contribution in [-0.4, -0.2) is 58.0 Å². The fourth-order valence-electron chi connectivity index (χ4n) is 1.13. The van der Waals surface area contributed by atoms with Gasteiger partial charge in [-0.2, -0.15) is 9.37 Å². The first-order valence-corrected chi connectivity index (χ1v) is 4.69. The zero-order chi connectivity index (χ0) is 13.1. The van der Waals surface area contributed by atoms with Crippen LogP contribution in [0.2, 0.25) is 0 Å². The largest absolute Gasteiger partial charge is 0.352 e. The molecule has 0 bridgehead atoms. The van der Waals surface area contributed by atoms with Crippen LogP contribution >= 0.6 is 0 Å². The van der Waals surface area contributed by atoms with Crippen molar-refractivity contribution < 1.29 is 19.4 Å². The molecule has 17 heavy (non-hydrogen) atoms. The minimum atomic E-state index is -2.36. The van der Waals surface area contributed by atoms with E-state index in [4.69, 9.17) is 0 Å². The lowest BCUT2D eigenvalue weighted by Gasteiger charge is -2.32. The van der Waals surface area contributed by atoms with E-state index in [0.29, 0.717) is 4.90 Å². The summed E-state index contributed by atoms with van der Waals surface area (Å²) in [6.45, 7) is -0.349. The highest BCUT2D eigenvalue weighted by molar-refractivity contribution is 5.47. The summed E-state index contributed by atoms with van der Waals surface area (Å²) in [4.78, 5) is 19.1. The lowest BCUT2D eigenvalue weighted by atomic mass is 10.4. The third-order valence-corrected chi connectivity index (χ3v) is 2.17. The van der Waals surface area contributed by atoms with Crippen molar-refractivity contribution in [3.05, 3.63) is 18.3 Å². The molecule has 1 rings (SSSR count). The Morgan fingerprint density at radius 2 is 2.18 bits per heavy atom. The van der Waals surface area contributed by atoms with Gasteiger partial charge in [0, 0.05) is 20.3 Å². The lowest BCUT2D eigenvalue weighted by molar-refractivity contribution is -0.237. The number of aromatic nitrogens is 2. The van der Waals surface area contributed by atoms with Gasteiger partial charge in [-0.25, -0.2) is 4.98 Å². The van der Waals surface area contributed by atoms with E-state index in [2.05, 4.69) is 9.97 Å². The summed E-state index contributed by atoms with van der Waals surface area (Å²) in [5.74, 6) is -2.19. The summed E-state index contributed by atoms with van der Waals surface area (Å²) in [5.41, 5.74) is 0. The van der Waals surface area contributed by atoms with Crippen LogP contribution in [0.1, 0.15) is 0 Å². The number of likely N-dealkylation sites (N-methyl/N-ethyl adjacent to an activating group) is 2. The standard InChI is InChI=1S/C9H13FN4O3/c1-13(5-9(16,17)14(2)6-15)7-3-4-11-8(10)12-7/h3-4,6,16-17H,5H2,1-2H3. The Kier molecular flexibility index (Phi) is 3.92. The zero-order valence-corrected chi connectivity index (χ0v) is 9.41. The molecular formula is C9H13FN4O3. The molecule has 1 aromatic heterocycles. The van der Waals surface area contributed by atoms with E-state index < -0.39 is 12.0 Å². The fraction of sp³-hybridized carbons (Fsp3) is 0.444. The monoisotopic (exact) mass is 244 g/mol. The Bertz CT molecular complexity index is 402. The van der Waals surface area contributed by atoms with Crippen molar-refractivity contribution >= 4 is 12.2 Å². The first kappa shape index (κ1) is 13.3. The van der Waals surface area contributed by atoms with Gasteiger partial charge >= 0.3 is 6.08 Å². The van der Waals surface area contributed by atoms with Gasteiger partial charge in [0.25, 0.3) is 5.91 Å². The lowest BCUT2D eigenvalue weighted by Crippen LogP contribution is -2.53. The predicted octanol–water partition coefficient (Wildman–Crippen LogP) is -1.22. The fourth-order valence-corrected chi connectivity index (χ4v) is 1.13. The van der Waals surface area contributed by atoms with E-state index in [1.807, 2.05) is 0 Å². The number of hydrogen-bond acceptors (Lipinski definition) is 6. The summed E-state index contributed by atoms with van der Waals surface area (Å²) in [6, 6.07) is 1.40. The molecule has 0 aromatic carbocycles. The molecule has 0 saturated heterocycles. The summed E-state index contributed by atoms with van der Waals surface area (Å²) >= 11 is 0. The molecule has 0 radical (unpaired) electrons. The number of anilines is 1. The van der Waals surface area contributed by atoms with Crippen molar-refractivity contribution in [2.75, 3.05) is 25.5 Å². The molecule has 94 valence electrons. The van der Waals surface area contributed by atoms with Gasteiger partial charge in [0.2, 0.25) is 6.41 Å². The Morgan fingerprint density at radius 3 is 2.71 bits per heavy atom. The number of rotatable bonds is 5. The molecule has 2 N–H and O–H groups in total.